The fraction of sp³-hybridized carbons (Fsp3) is 0.421. The summed E-state index contributed by atoms with van der Waals surface area (Å²) in [6, 6.07) is 3.36. The number of furan rings is 1. The van der Waals surface area contributed by atoms with Gasteiger partial charge >= 0.3 is 0 Å². The number of halogens is 1. The van der Waals surface area contributed by atoms with Crippen molar-refractivity contribution in [3.8, 4) is 11.5 Å². The molecule has 148 valence electrons. The number of aryl methyl sites for hydroxylation is 1. The zero-order chi connectivity index (χ0) is 18.8. The molecule has 0 aliphatic rings. The molecule has 0 amide bonds. The Bertz CT molecular complexity index is 978. The number of aliphatic hydroxyl groups is 1. The third kappa shape index (κ3) is 4.21. The van der Waals surface area contributed by atoms with Crippen LogP contribution in [-0.4, -0.2) is 37.5 Å². The van der Waals surface area contributed by atoms with Crippen LogP contribution in [0.5, 0.6) is 11.5 Å². The molecule has 0 fully saturated rings. The van der Waals surface area contributed by atoms with E-state index in [4.69, 9.17) is 18.3 Å². The summed E-state index contributed by atoms with van der Waals surface area (Å²) in [6.07, 6.45) is 0.767. The topological polar surface area (TPSA) is 94.1 Å². The minimum absolute atomic E-state index is 0. The molecule has 3 rings (SSSR count). The fourth-order valence-corrected chi connectivity index (χ4v) is 2.84. The number of nitrogens with one attached hydrogen (secondary N) is 1. The number of fused-ring (bicyclic) bond motifs is 2. The fourth-order valence-electron chi connectivity index (χ4n) is 2.84. The van der Waals surface area contributed by atoms with Gasteiger partial charge in [-0.05, 0) is 13.0 Å². The van der Waals surface area contributed by atoms with Crippen LogP contribution >= 0.6 is 12.4 Å². The van der Waals surface area contributed by atoms with Gasteiger partial charge in [-0.15, -0.1) is 12.4 Å². The van der Waals surface area contributed by atoms with Crippen LogP contribution in [0.4, 0.5) is 0 Å². The summed E-state index contributed by atoms with van der Waals surface area (Å²) in [6.45, 7) is 6.08. The maximum Gasteiger partial charge on any atom is 0.206 e. The van der Waals surface area contributed by atoms with Crippen LogP contribution in [0.15, 0.2) is 32.0 Å². The Balaban J connectivity index is 0.00000261. The minimum Gasteiger partial charge on any atom is -0.495 e. The lowest BCUT2D eigenvalue weighted by Gasteiger charge is -2.16. The molecule has 3 aromatic rings. The first-order chi connectivity index (χ1) is 12.4. The van der Waals surface area contributed by atoms with Crippen LogP contribution in [0.25, 0.3) is 21.9 Å². The van der Waals surface area contributed by atoms with Crippen molar-refractivity contribution < 1.29 is 23.4 Å². The SMILES string of the molecule is COc1c2ccoc2c(OCC(O)CNC(C)C)c2oc(C)cc(=O)c12.Cl. The van der Waals surface area contributed by atoms with E-state index in [0.717, 1.165) is 0 Å². The average Bonchev–Trinajstić information content (AvgIpc) is 3.06. The number of ether oxygens (including phenoxy) is 2. The first kappa shape index (κ1) is 21.1. The molecule has 7 nitrogen and oxygen atoms in total. The maximum absolute atomic E-state index is 12.5. The second-order valence-electron chi connectivity index (χ2n) is 6.48. The van der Waals surface area contributed by atoms with E-state index in [-0.39, 0.29) is 47.2 Å². The largest absolute Gasteiger partial charge is 0.495 e. The lowest BCUT2D eigenvalue weighted by atomic mass is 10.1. The molecule has 0 aliphatic heterocycles. The van der Waals surface area contributed by atoms with Crippen molar-refractivity contribution in [1.82, 2.24) is 5.32 Å². The Morgan fingerprint density at radius 2 is 2.00 bits per heavy atom. The van der Waals surface area contributed by atoms with Crippen molar-refractivity contribution >= 4 is 34.3 Å². The van der Waals surface area contributed by atoms with Gasteiger partial charge in [0.05, 0.1) is 18.8 Å². The summed E-state index contributed by atoms with van der Waals surface area (Å²) in [5.74, 6) is 1.11. The normalized spacial score (nSPS) is 12.4. The molecule has 0 spiro atoms. The molecule has 0 radical (unpaired) electrons. The highest BCUT2D eigenvalue weighted by Crippen LogP contribution is 2.42. The number of rotatable bonds is 7. The van der Waals surface area contributed by atoms with Gasteiger partial charge in [0.2, 0.25) is 5.75 Å². The van der Waals surface area contributed by atoms with Crippen LogP contribution in [0.2, 0.25) is 0 Å². The van der Waals surface area contributed by atoms with Crippen molar-refractivity contribution in [2.75, 3.05) is 20.3 Å². The van der Waals surface area contributed by atoms with E-state index in [2.05, 4.69) is 5.32 Å². The van der Waals surface area contributed by atoms with Gasteiger partial charge in [-0.3, -0.25) is 4.79 Å². The quantitative estimate of drug-likeness (QED) is 0.632. The number of methoxy groups -OCH3 is 1. The van der Waals surface area contributed by atoms with E-state index in [1.165, 1.54) is 19.4 Å². The number of hydrogen-bond acceptors (Lipinski definition) is 7. The Kier molecular flexibility index (Phi) is 6.75. The highest BCUT2D eigenvalue weighted by atomic mass is 35.5. The molecule has 0 saturated carbocycles. The Labute approximate surface area is 162 Å². The van der Waals surface area contributed by atoms with Gasteiger partial charge in [0, 0.05) is 18.7 Å². The second-order valence-corrected chi connectivity index (χ2v) is 6.48. The van der Waals surface area contributed by atoms with Crippen molar-refractivity contribution in [3.05, 3.63) is 34.4 Å². The number of hydrogen-bond donors (Lipinski definition) is 2. The Morgan fingerprint density at radius 1 is 1.26 bits per heavy atom. The van der Waals surface area contributed by atoms with Crippen molar-refractivity contribution in [2.45, 2.75) is 32.9 Å². The zero-order valence-electron chi connectivity index (χ0n) is 15.7. The third-order valence-corrected chi connectivity index (χ3v) is 4.01. The molecule has 27 heavy (non-hydrogen) atoms. The van der Waals surface area contributed by atoms with Gasteiger partial charge in [0.15, 0.2) is 16.6 Å². The molecular formula is C19H24ClNO6. The summed E-state index contributed by atoms with van der Waals surface area (Å²) in [5, 5.41) is 14.2. The molecular weight excluding hydrogens is 374 g/mol. The summed E-state index contributed by atoms with van der Waals surface area (Å²) in [5.41, 5.74) is 0.431. The van der Waals surface area contributed by atoms with E-state index < -0.39 is 6.10 Å². The molecule has 2 N–H and O–H groups in total. The smallest absolute Gasteiger partial charge is 0.206 e. The van der Waals surface area contributed by atoms with E-state index in [1.807, 2.05) is 13.8 Å². The Morgan fingerprint density at radius 3 is 2.67 bits per heavy atom. The average molecular weight is 398 g/mol. The van der Waals surface area contributed by atoms with Gasteiger partial charge in [-0.1, -0.05) is 13.8 Å². The lowest BCUT2D eigenvalue weighted by Crippen LogP contribution is -2.35. The minimum atomic E-state index is -0.726. The molecule has 0 bridgehead atoms. The molecule has 1 atom stereocenters. The monoisotopic (exact) mass is 397 g/mol. The maximum atomic E-state index is 12.5. The second kappa shape index (κ2) is 8.65. The molecule has 2 heterocycles. The van der Waals surface area contributed by atoms with E-state index in [0.29, 0.717) is 29.0 Å². The van der Waals surface area contributed by atoms with Gasteiger partial charge in [-0.2, -0.15) is 0 Å². The lowest BCUT2D eigenvalue weighted by molar-refractivity contribution is 0.105. The Hall–Kier alpha value is -2.22. The molecule has 2 aromatic heterocycles. The third-order valence-electron chi connectivity index (χ3n) is 4.01. The van der Waals surface area contributed by atoms with Gasteiger partial charge in [0.1, 0.15) is 29.6 Å². The van der Waals surface area contributed by atoms with Gasteiger partial charge in [0.25, 0.3) is 0 Å². The molecule has 0 aliphatic carbocycles. The zero-order valence-corrected chi connectivity index (χ0v) is 16.5. The van der Waals surface area contributed by atoms with Crippen LogP contribution in [-0.2, 0) is 0 Å². The number of aliphatic hydroxyl groups excluding tert-OH is 1. The van der Waals surface area contributed by atoms with E-state index in [9.17, 15) is 9.90 Å². The van der Waals surface area contributed by atoms with E-state index in [1.54, 1.807) is 13.0 Å². The highest BCUT2D eigenvalue weighted by molar-refractivity contribution is 6.06. The summed E-state index contributed by atoms with van der Waals surface area (Å²) in [7, 11) is 1.49. The van der Waals surface area contributed by atoms with Crippen LogP contribution in [0.3, 0.4) is 0 Å². The van der Waals surface area contributed by atoms with E-state index >= 15 is 0 Å². The molecule has 1 aromatic carbocycles. The molecule has 0 saturated heterocycles. The van der Waals surface area contributed by atoms with Crippen molar-refractivity contribution in [3.63, 3.8) is 0 Å². The van der Waals surface area contributed by atoms with Gasteiger partial charge in [-0.25, -0.2) is 0 Å². The summed E-state index contributed by atoms with van der Waals surface area (Å²) >= 11 is 0. The summed E-state index contributed by atoms with van der Waals surface area (Å²) in [4.78, 5) is 12.5. The van der Waals surface area contributed by atoms with Crippen LogP contribution in [0, 0.1) is 6.92 Å². The predicted octanol–water partition coefficient (Wildman–Crippen LogP) is 3.02. The predicted molar refractivity (Wildman–Crippen MR) is 105 cm³/mol. The van der Waals surface area contributed by atoms with Gasteiger partial charge < -0.3 is 28.7 Å². The van der Waals surface area contributed by atoms with Crippen LogP contribution in [0.1, 0.15) is 19.6 Å². The molecule has 1 unspecified atom stereocenters. The first-order valence-corrected chi connectivity index (χ1v) is 8.48. The molecule has 8 heteroatoms. The number of benzene rings is 1. The highest BCUT2D eigenvalue weighted by Gasteiger charge is 2.23. The van der Waals surface area contributed by atoms with Crippen LogP contribution < -0.4 is 20.2 Å². The standard InChI is InChI=1S/C19H23NO6.ClH/c1-10(2)20-8-12(21)9-25-19-17-13(5-6-24-17)16(23-4)15-14(22)7-11(3)26-18(15)19;/h5-7,10,12,20-21H,8-9H2,1-4H3;1H. The van der Waals surface area contributed by atoms with Crippen molar-refractivity contribution in [2.24, 2.45) is 0 Å². The van der Waals surface area contributed by atoms with Crippen molar-refractivity contribution in [1.29, 1.82) is 0 Å². The first-order valence-electron chi connectivity index (χ1n) is 8.48. The summed E-state index contributed by atoms with van der Waals surface area (Å²) < 4.78 is 22.6.